The Labute approximate surface area is 216 Å². The van der Waals surface area contributed by atoms with Crippen molar-refractivity contribution in [2.75, 3.05) is 13.7 Å². The minimum atomic E-state index is -0.937. The van der Waals surface area contributed by atoms with Crippen molar-refractivity contribution in [3.05, 3.63) is 29.9 Å². The predicted octanol–water partition coefficient (Wildman–Crippen LogP) is 5.29. The Morgan fingerprint density at radius 2 is 2.06 bits per heavy atom. The first-order valence-electron chi connectivity index (χ1n) is 13.4. The molecule has 1 N–H and O–H groups in total. The number of ether oxygens (including phenoxy) is 3. The molecule has 7 atom stereocenters. The van der Waals surface area contributed by atoms with E-state index >= 15 is 0 Å². The molecule has 1 spiro atoms. The molecule has 0 radical (unpaired) electrons. The number of nitrogens with zero attached hydrogens (tertiary/aromatic N) is 3. The lowest BCUT2D eigenvalue weighted by atomic mass is 9.67. The summed E-state index contributed by atoms with van der Waals surface area (Å²) in [5.41, 5.74) is 1.36. The number of hydrogen-bond donors (Lipinski definition) is 1. The molecular weight excluding hydrogens is 458 g/mol. The molecule has 3 aliphatic rings. The van der Waals surface area contributed by atoms with Crippen LogP contribution in [0.5, 0.6) is 0 Å². The van der Waals surface area contributed by atoms with Gasteiger partial charge in [-0.15, -0.1) is 0 Å². The fourth-order valence-electron chi connectivity index (χ4n) is 6.58. The molecule has 202 valence electrons. The van der Waals surface area contributed by atoms with Crippen molar-refractivity contribution < 1.29 is 24.1 Å². The molecular formula is C28H45N3O5. The summed E-state index contributed by atoms with van der Waals surface area (Å²) in [5.74, 6) is 0.480. The Morgan fingerprint density at radius 1 is 1.36 bits per heavy atom. The van der Waals surface area contributed by atoms with Crippen LogP contribution in [-0.2, 0) is 20.8 Å². The van der Waals surface area contributed by atoms with Crippen LogP contribution in [0, 0.1) is 17.8 Å². The number of epoxide rings is 2. The second kappa shape index (κ2) is 10.1. The molecule has 0 aromatic carbocycles. The van der Waals surface area contributed by atoms with E-state index in [9.17, 15) is 9.90 Å². The number of carboxylic acid groups (broad SMARTS) is 1. The summed E-state index contributed by atoms with van der Waals surface area (Å²) in [6.45, 7) is 16.3. The Kier molecular flexibility index (Phi) is 7.62. The summed E-state index contributed by atoms with van der Waals surface area (Å²) in [4.78, 5) is 19.2. The molecule has 8 nitrogen and oxygen atoms in total. The van der Waals surface area contributed by atoms with Crippen LogP contribution in [-0.4, -0.2) is 68.8 Å². The average Bonchev–Trinajstić information content (AvgIpc) is 3.65. The predicted molar refractivity (Wildman–Crippen MR) is 138 cm³/mol. The fourth-order valence-corrected chi connectivity index (χ4v) is 6.58. The number of aromatic nitrogens is 2. The molecule has 0 unspecified atom stereocenters. The molecule has 3 fully saturated rings. The number of amides is 1. The maximum Gasteiger partial charge on any atom is 0.408 e. The third-order valence-corrected chi connectivity index (χ3v) is 8.30. The first kappa shape index (κ1) is 27.1. The van der Waals surface area contributed by atoms with Gasteiger partial charge in [-0.3, -0.25) is 4.90 Å². The zero-order valence-corrected chi connectivity index (χ0v) is 23.2. The third kappa shape index (κ3) is 5.09. The SMILES string of the molecule is CO[C@@H]1[C@H](N(C(=O)O)[C@H](c2cn(CC(C)C)cn2)C(C)C)CC[C@]2(CO2)[C@H]1[C@@]1(C)O[C@@H]1CC=C(C)C. The highest BCUT2D eigenvalue weighted by Crippen LogP contribution is 2.60. The molecule has 36 heavy (non-hydrogen) atoms. The van der Waals surface area contributed by atoms with Crippen molar-refractivity contribution in [1.29, 1.82) is 0 Å². The lowest BCUT2D eigenvalue weighted by Gasteiger charge is -2.48. The summed E-state index contributed by atoms with van der Waals surface area (Å²) >= 11 is 0. The molecule has 1 aliphatic carbocycles. The van der Waals surface area contributed by atoms with Crippen LogP contribution >= 0.6 is 0 Å². The molecule has 1 amide bonds. The molecule has 0 bridgehead atoms. The van der Waals surface area contributed by atoms with Gasteiger partial charge in [0.15, 0.2) is 0 Å². The minimum absolute atomic E-state index is 0.0440. The summed E-state index contributed by atoms with van der Waals surface area (Å²) in [6, 6.07) is -0.692. The molecule has 1 aromatic rings. The molecule has 1 saturated carbocycles. The van der Waals surface area contributed by atoms with Crippen LogP contribution in [0.4, 0.5) is 4.79 Å². The van der Waals surface area contributed by atoms with Gasteiger partial charge in [-0.05, 0) is 51.9 Å². The number of allylic oxidation sites excluding steroid dienone is 1. The van der Waals surface area contributed by atoms with E-state index in [4.69, 9.17) is 14.2 Å². The maximum absolute atomic E-state index is 12.9. The van der Waals surface area contributed by atoms with Gasteiger partial charge in [0, 0.05) is 25.8 Å². The normalized spacial score (nSPS) is 34.2. The lowest BCUT2D eigenvalue weighted by molar-refractivity contribution is -0.102. The largest absolute Gasteiger partial charge is 0.465 e. The van der Waals surface area contributed by atoms with Crippen LogP contribution in [0.3, 0.4) is 0 Å². The summed E-state index contributed by atoms with van der Waals surface area (Å²) in [7, 11) is 1.70. The van der Waals surface area contributed by atoms with Gasteiger partial charge in [0.25, 0.3) is 0 Å². The minimum Gasteiger partial charge on any atom is -0.465 e. The van der Waals surface area contributed by atoms with Crippen molar-refractivity contribution in [2.45, 2.75) is 110 Å². The Morgan fingerprint density at radius 3 is 2.58 bits per heavy atom. The maximum atomic E-state index is 12.9. The van der Waals surface area contributed by atoms with Crippen molar-refractivity contribution in [3.8, 4) is 0 Å². The molecule has 3 heterocycles. The Bertz CT molecular complexity index is 964. The third-order valence-electron chi connectivity index (χ3n) is 8.30. The second-order valence-electron chi connectivity index (χ2n) is 12.2. The van der Waals surface area contributed by atoms with E-state index in [-0.39, 0.29) is 41.7 Å². The molecule has 2 aliphatic heterocycles. The lowest BCUT2D eigenvalue weighted by Crippen LogP contribution is -2.61. The molecule has 1 aromatic heterocycles. The van der Waals surface area contributed by atoms with Gasteiger partial charge in [-0.25, -0.2) is 9.78 Å². The van der Waals surface area contributed by atoms with Crippen molar-refractivity contribution in [2.24, 2.45) is 17.8 Å². The highest BCUT2D eigenvalue weighted by Gasteiger charge is 2.72. The van der Waals surface area contributed by atoms with E-state index < -0.39 is 11.7 Å². The molecule has 8 heteroatoms. The van der Waals surface area contributed by atoms with E-state index in [1.165, 1.54) is 5.57 Å². The van der Waals surface area contributed by atoms with Crippen molar-refractivity contribution in [1.82, 2.24) is 14.5 Å². The highest BCUT2D eigenvalue weighted by atomic mass is 16.6. The Balaban J connectivity index is 1.66. The number of rotatable bonds is 10. The number of hydrogen-bond acceptors (Lipinski definition) is 5. The van der Waals surface area contributed by atoms with Gasteiger partial charge in [-0.2, -0.15) is 0 Å². The van der Waals surface area contributed by atoms with E-state index in [2.05, 4.69) is 64.1 Å². The first-order chi connectivity index (χ1) is 16.9. The molecule has 2 saturated heterocycles. The van der Waals surface area contributed by atoms with E-state index in [0.717, 1.165) is 25.1 Å². The van der Waals surface area contributed by atoms with Crippen LogP contribution < -0.4 is 0 Å². The van der Waals surface area contributed by atoms with Crippen LogP contribution in [0.2, 0.25) is 0 Å². The van der Waals surface area contributed by atoms with Gasteiger partial charge in [0.2, 0.25) is 0 Å². The van der Waals surface area contributed by atoms with Gasteiger partial charge < -0.3 is 23.9 Å². The summed E-state index contributed by atoms with van der Waals surface area (Å²) < 4.78 is 20.7. The zero-order valence-electron chi connectivity index (χ0n) is 23.2. The van der Waals surface area contributed by atoms with Gasteiger partial charge >= 0.3 is 6.09 Å². The molecule has 4 rings (SSSR count). The van der Waals surface area contributed by atoms with Gasteiger partial charge in [0.05, 0.1) is 48.5 Å². The number of methoxy groups -OCH3 is 1. The second-order valence-corrected chi connectivity index (χ2v) is 12.2. The Hall–Kier alpha value is -1.90. The zero-order chi connectivity index (χ0) is 26.4. The quantitative estimate of drug-likeness (QED) is 0.344. The standard InChI is InChI=1S/C28H45N3O5/c1-17(2)9-10-22-27(7,36-22)25-24(34-8)21(11-12-28(25)15-35-28)31(26(32)33)23(19(5)6)20-14-30(16-29-20)13-18(3)4/h9,14,16,18-19,21-25H,10-13,15H2,1-8H3,(H,32,33)/t21-,22-,23+,24-,25-,27+,28+/m1/s1. The van der Waals surface area contributed by atoms with E-state index in [0.29, 0.717) is 18.9 Å². The van der Waals surface area contributed by atoms with E-state index in [1.54, 1.807) is 12.0 Å². The van der Waals surface area contributed by atoms with E-state index in [1.807, 2.05) is 12.5 Å². The van der Waals surface area contributed by atoms with Gasteiger partial charge in [-0.1, -0.05) is 39.3 Å². The average molecular weight is 504 g/mol. The number of imidazole rings is 1. The van der Waals surface area contributed by atoms with Crippen molar-refractivity contribution in [3.63, 3.8) is 0 Å². The van der Waals surface area contributed by atoms with Crippen LogP contribution in [0.15, 0.2) is 24.2 Å². The first-order valence-corrected chi connectivity index (χ1v) is 13.4. The van der Waals surface area contributed by atoms with Crippen LogP contribution in [0.25, 0.3) is 0 Å². The topological polar surface area (TPSA) is 92.7 Å². The fraction of sp³-hybridized carbons (Fsp3) is 0.786. The summed E-state index contributed by atoms with van der Waals surface area (Å²) in [6.07, 6.45) is 7.18. The van der Waals surface area contributed by atoms with Crippen molar-refractivity contribution >= 4 is 6.09 Å². The smallest absolute Gasteiger partial charge is 0.408 e. The monoisotopic (exact) mass is 503 g/mol. The van der Waals surface area contributed by atoms with Gasteiger partial charge in [0.1, 0.15) is 5.60 Å². The summed E-state index contributed by atoms with van der Waals surface area (Å²) in [5, 5.41) is 10.6. The number of carbonyl (C=O) groups is 1. The highest BCUT2D eigenvalue weighted by molar-refractivity contribution is 5.66. The van der Waals surface area contributed by atoms with Crippen LogP contribution in [0.1, 0.15) is 79.5 Å².